The third-order valence-corrected chi connectivity index (χ3v) is 13.1. The molecule has 0 aliphatic heterocycles. The number of rotatable bonds is 5. The van der Waals surface area contributed by atoms with Gasteiger partial charge in [-0.15, -0.1) is 68.1 Å². The molecule has 0 saturated carbocycles. The zero-order valence-corrected chi connectivity index (χ0v) is 38.7. The number of aryl methyl sites for hydroxylation is 4. The van der Waals surface area contributed by atoms with Crippen LogP contribution in [-0.2, 0) is 29.8 Å². The van der Waals surface area contributed by atoms with Crippen molar-refractivity contribution in [2.75, 3.05) is 0 Å². The van der Waals surface area contributed by atoms with Crippen LogP contribution in [0.5, 0.6) is 0 Å². The summed E-state index contributed by atoms with van der Waals surface area (Å²) in [6, 6.07) is 36.9. The van der Waals surface area contributed by atoms with Gasteiger partial charge in [0.1, 0.15) is 0 Å². The summed E-state index contributed by atoms with van der Waals surface area (Å²) in [6.45, 7) is 27.8. The monoisotopic (exact) mass is 814 g/mol. The van der Waals surface area contributed by atoms with Crippen LogP contribution in [0.2, 0.25) is 52.4 Å². The number of halogens is 2. The van der Waals surface area contributed by atoms with E-state index in [2.05, 4.69) is 177 Å². The van der Waals surface area contributed by atoms with Crippen LogP contribution in [-0.4, -0.2) is 21.6 Å². The normalized spacial score (nSPS) is 11.1. The van der Waals surface area contributed by atoms with Gasteiger partial charge in [-0.25, -0.2) is 0 Å². The SMILES string of the molecule is CCc1cc2c(-c3ccc([Si](C)(C)C)cc3)ccc(C)c2[cH-]1.C[Si](C)=[Zr+2].Cc1cc2c(-c3ccc([Si](C)(C)C)cc3)ccc(C)c2[cH-]1.[Cl-].[Cl-]. The van der Waals surface area contributed by atoms with Crippen molar-refractivity contribution in [1.29, 1.82) is 0 Å². The predicted molar refractivity (Wildman–Crippen MR) is 217 cm³/mol. The fraction of sp³-hybridized carbons (Fsp3) is 0.302. The van der Waals surface area contributed by atoms with Crippen molar-refractivity contribution in [1.82, 2.24) is 0 Å². The Morgan fingerprint density at radius 3 is 1.31 bits per heavy atom. The number of hydrogen-bond donors (Lipinski definition) is 0. The molecule has 0 aromatic heterocycles. The first-order chi connectivity index (χ1) is 22.0. The first-order valence-electron chi connectivity index (χ1n) is 17.1. The van der Waals surface area contributed by atoms with Gasteiger partial charge in [0.2, 0.25) is 0 Å². The quantitative estimate of drug-likeness (QED) is 0.152. The van der Waals surface area contributed by atoms with E-state index in [0.29, 0.717) is 0 Å². The van der Waals surface area contributed by atoms with Crippen molar-refractivity contribution >= 4 is 53.5 Å². The molecule has 0 aliphatic carbocycles. The summed E-state index contributed by atoms with van der Waals surface area (Å²) in [5, 5.41) is 8.62. The molecule has 0 heterocycles. The van der Waals surface area contributed by atoms with Crippen molar-refractivity contribution in [2.45, 2.75) is 86.5 Å². The fourth-order valence-corrected chi connectivity index (χ4v) is 8.43. The van der Waals surface area contributed by atoms with E-state index in [1.807, 2.05) is 0 Å². The van der Waals surface area contributed by atoms with Crippen LogP contribution < -0.4 is 35.2 Å². The minimum Gasteiger partial charge on any atom is -1.00 e. The van der Waals surface area contributed by atoms with Crippen LogP contribution in [0.15, 0.2) is 97.1 Å². The van der Waals surface area contributed by atoms with E-state index < -0.39 is 16.1 Å². The average Bonchev–Trinajstić information content (AvgIpc) is 3.62. The molecular formula is C43H54Cl2Si3Zr-2. The molecule has 0 spiro atoms. The zero-order valence-electron chi connectivity index (χ0n) is 31.7. The second kappa shape index (κ2) is 18.1. The molecule has 6 heteroatoms. The largest absolute Gasteiger partial charge is 1.00 e. The van der Waals surface area contributed by atoms with Crippen LogP contribution in [0, 0.1) is 20.8 Å². The third kappa shape index (κ3) is 11.1. The van der Waals surface area contributed by atoms with E-state index in [1.54, 1.807) is 23.3 Å². The van der Waals surface area contributed by atoms with Gasteiger partial charge in [0.25, 0.3) is 0 Å². The zero-order chi connectivity index (χ0) is 34.7. The molecule has 49 heavy (non-hydrogen) atoms. The number of hydrogen-bond acceptors (Lipinski definition) is 0. The van der Waals surface area contributed by atoms with E-state index in [4.69, 9.17) is 0 Å². The topological polar surface area (TPSA) is 0 Å². The molecule has 0 N–H and O–H groups in total. The Morgan fingerprint density at radius 2 is 0.939 bits per heavy atom. The van der Waals surface area contributed by atoms with Crippen LogP contribution >= 0.6 is 0 Å². The third-order valence-electron chi connectivity index (χ3n) is 8.95. The standard InChI is InChI=1S/C21H25Si.C20H23Si.C2H6Si.2ClH.Zr/c1-6-16-13-20-15(2)7-12-19(21(20)14-16)17-8-10-18(11-9-17)22(3,4)5;1-14-12-19-15(2)6-11-18(20(19)13-14)16-7-9-17(10-8-16)21(3,4)5;1-3-2;;;/h7-14H,6H2,1-5H3;6-13H,1-5H3;1-2H3;2*1H;/q2*-1;;;;+2/p-2. The van der Waals surface area contributed by atoms with Crippen molar-refractivity contribution in [3.05, 3.63) is 119 Å². The molecule has 0 bridgehead atoms. The molecule has 0 atom stereocenters. The van der Waals surface area contributed by atoms with Crippen molar-refractivity contribution < 1.29 is 48.1 Å². The first kappa shape index (κ1) is 43.4. The Balaban J connectivity index is 0.000000296. The van der Waals surface area contributed by atoms with Gasteiger partial charge in [-0.3, -0.25) is 0 Å². The second-order valence-corrected chi connectivity index (χ2v) is 34.9. The molecule has 258 valence electrons. The molecule has 6 aromatic rings. The fourth-order valence-electron chi connectivity index (χ4n) is 6.10. The van der Waals surface area contributed by atoms with E-state index in [9.17, 15) is 0 Å². The maximum absolute atomic E-state index is 2.40. The Bertz CT molecular complexity index is 1980. The van der Waals surface area contributed by atoms with Crippen molar-refractivity contribution in [3.63, 3.8) is 0 Å². The molecule has 0 nitrogen and oxygen atoms in total. The molecule has 0 unspecified atom stereocenters. The summed E-state index contributed by atoms with van der Waals surface area (Å²) in [5.41, 5.74) is 11.1. The smallest absolute Gasteiger partial charge is 0.0775 e. The van der Waals surface area contributed by atoms with Crippen molar-refractivity contribution in [3.8, 4) is 22.3 Å². The predicted octanol–water partition coefficient (Wildman–Crippen LogP) is 5.82. The van der Waals surface area contributed by atoms with E-state index in [1.165, 1.54) is 76.4 Å². The van der Waals surface area contributed by atoms with Gasteiger partial charge in [0.05, 0.1) is 16.1 Å². The molecule has 0 fully saturated rings. The number of benzene rings is 4. The Morgan fingerprint density at radius 1 is 0.571 bits per heavy atom. The summed E-state index contributed by atoms with van der Waals surface area (Å²) in [6.07, 6.45) is 1.10. The van der Waals surface area contributed by atoms with Gasteiger partial charge in [0, 0.05) is 0 Å². The maximum Gasteiger partial charge on any atom is 0.0775 e. The summed E-state index contributed by atoms with van der Waals surface area (Å²) in [5.74, 6) is 0. The molecule has 0 saturated heterocycles. The summed E-state index contributed by atoms with van der Waals surface area (Å²) in [4.78, 5) is 0. The van der Waals surface area contributed by atoms with Crippen LogP contribution in [0.1, 0.15) is 29.2 Å². The van der Waals surface area contributed by atoms with Gasteiger partial charge in [-0.1, -0.05) is 149 Å². The average molecular weight is 817 g/mol. The molecule has 6 rings (SSSR count). The molecule has 0 aliphatic rings. The van der Waals surface area contributed by atoms with Crippen LogP contribution in [0.3, 0.4) is 0 Å². The van der Waals surface area contributed by atoms with E-state index in [-0.39, 0.29) is 30.2 Å². The van der Waals surface area contributed by atoms with Gasteiger partial charge >= 0.3 is 41.9 Å². The second-order valence-electron chi connectivity index (χ2n) is 15.4. The van der Waals surface area contributed by atoms with Gasteiger partial charge in [-0.2, -0.15) is 12.1 Å². The van der Waals surface area contributed by atoms with Gasteiger partial charge in [-0.05, 0) is 17.5 Å². The van der Waals surface area contributed by atoms with Crippen LogP contribution in [0.4, 0.5) is 0 Å². The minimum absolute atomic E-state index is 0. The summed E-state index contributed by atoms with van der Waals surface area (Å²) < 4.78 is 0. The summed E-state index contributed by atoms with van der Waals surface area (Å²) in [7, 11) is -2.44. The Kier molecular flexibility index (Phi) is 16.0. The molecule has 0 amide bonds. The van der Waals surface area contributed by atoms with Crippen LogP contribution in [0.25, 0.3) is 43.8 Å². The van der Waals surface area contributed by atoms with Gasteiger partial charge < -0.3 is 24.8 Å². The van der Waals surface area contributed by atoms with E-state index >= 15 is 0 Å². The maximum atomic E-state index is 2.40. The number of fused-ring (bicyclic) bond motifs is 2. The first-order valence-corrected chi connectivity index (χ1v) is 30.3. The Labute approximate surface area is 327 Å². The molecule has 6 aromatic carbocycles. The molecule has 0 radical (unpaired) electrons. The van der Waals surface area contributed by atoms with Gasteiger partial charge in [0.15, 0.2) is 0 Å². The molecular weight excluding hydrogens is 763 g/mol. The summed E-state index contributed by atoms with van der Waals surface area (Å²) >= 11 is 1.74. The Hall–Kier alpha value is -1.79. The van der Waals surface area contributed by atoms with Crippen molar-refractivity contribution in [2.24, 2.45) is 0 Å². The minimum atomic E-state index is -1.22. The van der Waals surface area contributed by atoms with E-state index in [0.717, 1.165) is 6.42 Å².